The average molecular weight is 581 g/mol. The van der Waals surface area contributed by atoms with E-state index in [1.54, 1.807) is 24.3 Å². The summed E-state index contributed by atoms with van der Waals surface area (Å²) in [6, 6.07) is 28.3. The lowest BCUT2D eigenvalue weighted by Crippen LogP contribution is -2.37. The van der Waals surface area contributed by atoms with Crippen molar-refractivity contribution < 1.29 is 4.92 Å². The molecule has 2 aromatic heterocycles. The molecule has 12 heteroatoms. The molecule has 5 rings (SSSR count). The first kappa shape index (κ1) is 27.5. The molecular weight excluding hydrogens is 557 g/mol. The molecule has 2 heterocycles. The fraction of sp³-hybridized carbons (Fsp3) is 0.0345. The van der Waals surface area contributed by atoms with Crippen LogP contribution in [0.3, 0.4) is 0 Å². The van der Waals surface area contributed by atoms with Gasteiger partial charge in [-0.15, -0.1) is 0 Å². The number of aryl methyl sites for hydroxylation is 1. The molecule has 4 N–H and O–H groups in total. The van der Waals surface area contributed by atoms with Gasteiger partial charge in [0.05, 0.1) is 26.9 Å². The number of benzene rings is 3. The highest BCUT2D eigenvalue weighted by Crippen LogP contribution is 2.31. The summed E-state index contributed by atoms with van der Waals surface area (Å²) < 4.78 is 1.83. The fourth-order valence-corrected chi connectivity index (χ4v) is 5.07. The predicted molar refractivity (Wildman–Crippen MR) is 167 cm³/mol. The molecule has 204 valence electrons. The zero-order valence-electron chi connectivity index (χ0n) is 21.8. The van der Waals surface area contributed by atoms with E-state index < -0.39 is 4.92 Å². The number of hydrazine groups is 1. The summed E-state index contributed by atoms with van der Waals surface area (Å²) in [5, 5.41) is 21.4. The molecule has 0 aliphatic rings. The van der Waals surface area contributed by atoms with Gasteiger partial charge in [-0.25, -0.2) is 15.5 Å². The number of nitro groups is 1. The minimum atomic E-state index is -0.434. The van der Waals surface area contributed by atoms with Crippen molar-refractivity contribution in [2.24, 2.45) is 10.9 Å². The predicted octanol–water partition coefficient (Wildman–Crippen LogP) is 5.63. The van der Waals surface area contributed by atoms with E-state index in [9.17, 15) is 10.1 Å². The zero-order chi connectivity index (χ0) is 28.8. The number of nitrogens with two attached hydrogens (primary N) is 1. The van der Waals surface area contributed by atoms with Crippen LogP contribution in [0.25, 0.3) is 33.7 Å². The fourth-order valence-electron chi connectivity index (χ4n) is 4.03. The summed E-state index contributed by atoms with van der Waals surface area (Å²) in [7, 11) is 0. The van der Waals surface area contributed by atoms with Crippen LogP contribution in [0.4, 0.5) is 5.69 Å². The Kier molecular flexibility index (Phi) is 8.34. The highest BCUT2D eigenvalue weighted by Gasteiger charge is 2.19. The number of nitrogens with zero attached hydrogens (tertiary/aromatic N) is 5. The molecule has 0 aliphatic heterocycles. The lowest BCUT2D eigenvalue weighted by atomic mass is 10.1. The van der Waals surface area contributed by atoms with E-state index in [2.05, 4.69) is 16.0 Å². The average Bonchev–Trinajstić information content (AvgIpc) is 3.62. The molecule has 0 amide bonds. The van der Waals surface area contributed by atoms with Crippen LogP contribution >= 0.6 is 23.6 Å². The number of nitro benzene ring substituents is 1. The molecule has 0 fully saturated rings. The van der Waals surface area contributed by atoms with Gasteiger partial charge in [0.2, 0.25) is 10.2 Å². The standard InChI is InChI=1S/C29H24N8O2S2/c1-19-27(24(33-34-28(40)32-30)16-15-20-9-8-14-23(17-20)37(38)39)41-29(31-19)36-26(22-12-6-3-7-13-22)18-25(35-36)21-10-4-2-5-11-21/h2-18H,30H2,1H3,(H2,32,34,40). The first-order valence-electron chi connectivity index (χ1n) is 12.4. The smallest absolute Gasteiger partial charge is 0.270 e. The molecule has 3 aromatic carbocycles. The Morgan fingerprint density at radius 2 is 1.76 bits per heavy atom. The molecule has 41 heavy (non-hydrogen) atoms. The molecule has 0 unspecified atom stereocenters. The van der Waals surface area contributed by atoms with Crippen LogP contribution in [0.1, 0.15) is 16.1 Å². The Labute approximate surface area is 245 Å². The van der Waals surface area contributed by atoms with E-state index in [0.717, 1.165) is 33.1 Å². The third kappa shape index (κ3) is 6.41. The first-order chi connectivity index (χ1) is 19.9. The molecule has 0 aliphatic carbocycles. The topological polar surface area (TPSA) is 136 Å². The van der Waals surface area contributed by atoms with Gasteiger partial charge in [-0.05, 0) is 36.8 Å². The van der Waals surface area contributed by atoms with E-state index in [0.29, 0.717) is 16.4 Å². The van der Waals surface area contributed by atoms with Gasteiger partial charge >= 0.3 is 0 Å². The van der Waals surface area contributed by atoms with Crippen LogP contribution in [0.2, 0.25) is 0 Å². The Hall–Kier alpha value is -5.04. The third-order valence-corrected chi connectivity index (χ3v) is 7.34. The van der Waals surface area contributed by atoms with Crippen molar-refractivity contribution in [1.29, 1.82) is 0 Å². The number of thiazole rings is 1. The second-order valence-corrected chi connectivity index (χ2v) is 10.1. The molecular formula is C29H24N8O2S2. The lowest BCUT2D eigenvalue weighted by molar-refractivity contribution is -0.384. The number of aromatic nitrogens is 3. The van der Waals surface area contributed by atoms with Gasteiger partial charge in [0.15, 0.2) is 0 Å². The van der Waals surface area contributed by atoms with Crippen molar-refractivity contribution in [2.45, 2.75) is 6.92 Å². The highest BCUT2D eigenvalue weighted by atomic mass is 32.1. The van der Waals surface area contributed by atoms with Crippen LogP contribution < -0.4 is 16.7 Å². The maximum absolute atomic E-state index is 11.2. The summed E-state index contributed by atoms with van der Waals surface area (Å²) in [4.78, 5) is 16.4. The SMILES string of the molecule is Cc1nc(-n2nc(-c3ccccc3)cc2-c2ccccc2)sc1C(C=Cc1cccc([N+](=O)[O-])c1)=NNC(=S)NN. The molecule has 0 saturated carbocycles. The van der Waals surface area contributed by atoms with Crippen LogP contribution in [0.15, 0.2) is 102 Å². The molecule has 0 saturated heterocycles. The Morgan fingerprint density at radius 1 is 1.05 bits per heavy atom. The first-order valence-corrected chi connectivity index (χ1v) is 13.6. The number of non-ortho nitro benzene ring substituents is 1. The largest absolute Gasteiger partial charge is 0.300 e. The number of hydrogen-bond acceptors (Lipinski definition) is 8. The number of hydrogen-bond donors (Lipinski definition) is 3. The molecule has 0 atom stereocenters. The van der Waals surface area contributed by atoms with Gasteiger partial charge in [-0.3, -0.25) is 21.0 Å². The quantitative estimate of drug-likeness (QED) is 0.0706. The summed E-state index contributed by atoms with van der Waals surface area (Å²) in [5.41, 5.74) is 10.6. The van der Waals surface area contributed by atoms with Crippen LogP contribution in [-0.2, 0) is 0 Å². The van der Waals surface area contributed by atoms with Crippen molar-refractivity contribution in [2.75, 3.05) is 0 Å². The molecule has 10 nitrogen and oxygen atoms in total. The monoisotopic (exact) mass is 580 g/mol. The maximum Gasteiger partial charge on any atom is 0.270 e. The molecule has 0 bridgehead atoms. The zero-order valence-corrected chi connectivity index (χ0v) is 23.4. The maximum atomic E-state index is 11.2. The van der Waals surface area contributed by atoms with Gasteiger partial charge in [0.1, 0.15) is 5.71 Å². The van der Waals surface area contributed by atoms with Crippen molar-refractivity contribution in [1.82, 2.24) is 25.6 Å². The minimum absolute atomic E-state index is 0.00475. The van der Waals surface area contributed by atoms with Crippen molar-refractivity contribution >= 4 is 46.1 Å². The lowest BCUT2D eigenvalue weighted by Gasteiger charge is -2.04. The van der Waals surface area contributed by atoms with Gasteiger partial charge in [0, 0.05) is 23.3 Å². The summed E-state index contributed by atoms with van der Waals surface area (Å²) in [5.74, 6) is 5.41. The number of thiocarbonyl (C=S) groups is 1. The molecule has 0 radical (unpaired) electrons. The Bertz CT molecular complexity index is 1760. The van der Waals surface area contributed by atoms with Crippen LogP contribution in [-0.4, -0.2) is 30.5 Å². The van der Waals surface area contributed by atoms with E-state index in [4.69, 9.17) is 28.1 Å². The number of rotatable bonds is 8. The van der Waals surface area contributed by atoms with Crippen LogP contribution in [0.5, 0.6) is 0 Å². The van der Waals surface area contributed by atoms with Crippen molar-refractivity contribution in [3.05, 3.63) is 123 Å². The van der Waals surface area contributed by atoms with E-state index in [1.165, 1.54) is 23.5 Å². The second-order valence-electron chi connectivity index (χ2n) is 8.74. The summed E-state index contributed by atoms with van der Waals surface area (Å²) in [6.07, 6.45) is 3.48. The van der Waals surface area contributed by atoms with Gasteiger partial charge in [-0.2, -0.15) is 10.2 Å². The second kappa shape index (κ2) is 12.4. The van der Waals surface area contributed by atoms with Crippen molar-refractivity contribution in [3.63, 3.8) is 0 Å². The number of nitrogens with one attached hydrogen (secondary N) is 2. The molecule has 5 aromatic rings. The summed E-state index contributed by atoms with van der Waals surface area (Å²) in [6.45, 7) is 1.88. The van der Waals surface area contributed by atoms with E-state index in [1.807, 2.05) is 78.3 Å². The van der Waals surface area contributed by atoms with Gasteiger partial charge in [0.25, 0.3) is 5.69 Å². The minimum Gasteiger partial charge on any atom is -0.300 e. The third-order valence-electron chi connectivity index (χ3n) is 5.97. The Balaban J connectivity index is 1.58. The van der Waals surface area contributed by atoms with Gasteiger partial charge in [-0.1, -0.05) is 90.2 Å². The van der Waals surface area contributed by atoms with Gasteiger partial charge < -0.3 is 0 Å². The number of hydrazone groups is 1. The van der Waals surface area contributed by atoms with Crippen molar-refractivity contribution in [3.8, 4) is 27.6 Å². The Morgan fingerprint density at radius 3 is 2.44 bits per heavy atom. The van der Waals surface area contributed by atoms with Crippen LogP contribution in [0, 0.1) is 17.0 Å². The van der Waals surface area contributed by atoms with E-state index in [-0.39, 0.29) is 10.8 Å². The normalized spacial score (nSPS) is 11.5. The highest BCUT2D eigenvalue weighted by molar-refractivity contribution is 7.80. The number of allylic oxidation sites excluding steroid dienone is 1. The molecule has 0 spiro atoms. The summed E-state index contributed by atoms with van der Waals surface area (Å²) >= 11 is 6.51. The van der Waals surface area contributed by atoms with E-state index >= 15 is 0 Å².